The maximum Gasteiger partial charge on any atom is 0.192 e. The standard InChI is InChI=1S/C13H26O3Si/c1-7-8-10-11(9-15-12(10)14)16-17(5,6)13(2,3)4/h7,10-12,14H,1,8-9H2,2-6H3/t10-,11-,12?/m0/s1. The van der Waals surface area contributed by atoms with Crippen LogP contribution in [0.2, 0.25) is 18.1 Å². The summed E-state index contributed by atoms with van der Waals surface area (Å²) in [5.41, 5.74) is 0. The Morgan fingerprint density at radius 2 is 2.06 bits per heavy atom. The molecule has 4 heteroatoms. The highest BCUT2D eigenvalue weighted by atomic mass is 28.4. The Balaban J connectivity index is 2.71. The van der Waals surface area contributed by atoms with Gasteiger partial charge in [-0.15, -0.1) is 6.58 Å². The third-order valence-corrected chi connectivity index (χ3v) is 8.47. The van der Waals surface area contributed by atoms with E-state index in [1.54, 1.807) is 0 Å². The fourth-order valence-corrected chi connectivity index (χ4v) is 3.11. The van der Waals surface area contributed by atoms with Gasteiger partial charge < -0.3 is 14.3 Å². The first-order chi connectivity index (χ1) is 7.69. The van der Waals surface area contributed by atoms with Gasteiger partial charge >= 0.3 is 0 Å². The number of ether oxygens (including phenoxy) is 1. The molecule has 1 fully saturated rings. The molecular formula is C13H26O3Si. The van der Waals surface area contributed by atoms with E-state index in [4.69, 9.17) is 9.16 Å². The van der Waals surface area contributed by atoms with Gasteiger partial charge in [-0.1, -0.05) is 26.8 Å². The van der Waals surface area contributed by atoms with Crippen LogP contribution < -0.4 is 0 Å². The van der Waals surface area contributed by atoms with Crippen molar-refractivity contribution in [2.45, 2.75) is 57.7 Å². The molecule has 0 bridgehead atoms. The molecule has 1 aliphatic heterocycles. The topological polar surface area (TPSA) is 38.7 Å². The average Bonchev–Trinajstić information content (AvgIpc) is 2.48. The lowest BCUT2D eigenvalue weighted by molar-refractivity contribution is -0.0817. The highest BCUT2D eigenvalue weighted by molar-refractivity contribution is 6.74. The fraction of sp³-hybridized carbons (Fsp3) is 0.846. The van der Waals surface area contributed by atoms with Gasteiger partial charge in [0.25, 0.3) is 0 Å². The molecule has 1 unspecified atom stereocenters. The van der Waals surface area contributed by atoms with E-state index >= 15 is 0 Å². The molecule has 3 nitrogen and oxygen atoms in total. The zero-order valence-electron chi connectivity index (χ0n) is 11.7. The summed E-state index contributed by atoms with van der Waals surface area (Å²) in [6.45, 7) is 15.3. The first-order valence-electron chi connectivity index (χ1n) is 6.27. The molecule has 3 atom stereocenters. The quantitative estimate of drug-likeness (QED) is 0.622. The van der Waals surface area contributed by atoms with Gasteiger partial charge in [0.05, 0.1) is 12.7 Å². The zero-order valence-corrected chi connectivity index (χ0v) is 12.7. The van der Waals surface area contributed by atoms with E-state index in [1.165, 1.54) is 0 Å². The maximum absolute atomic E-state index is 9.76. The predicted octanol–water partition coefficient (Wildman–Crippen LogP) is 2.92. The second-order valence-electron chi connectivity index (χ2n) is 6.33. The molecule has 0 amide bonds. The minimum absolute atomic E-state index is 0.00360. The van der Waals surface area contributed by atoms with Crippen molar-refractivity contribution in [1.82, 2.24) is 0 Å². The Kier molecular flexibility index (Phi) is 4.58. The molecule has 0 aromatic heterocycles. The number of aliphatic hydroxyl groups excluding tert-OH is 1. The Morgan fingerprint density at radius 1 is 1.47 bits per heavy atom. The molecule has 1 saturated heterocycles. The zero-order chi connectivity index (χ0) is 13.3. The second kappa shape index (κ2) is 5.22. The van der Waals surface area contributed by atoms with Crippen molar-refractivity contribution in [3.05, 3.63) is 12.7 Å². The smallest absolute Gasteiger partial charge is 0.192 e. The Hall–Kier alpha value is -0.163. The first kappa shape index (κ1) is 14.9. The van der Waals surface area contributed by atoms with Crippen LogP contribution in [0.25, 0.3) is 0 Å². The minimum atomic E-state index is -1.80. The van der Waals surface area contributed by atoms with Crippen LogP contribution in [-0.4, -0.2) is 32.4 Å². The molecule has 17 heavy (non-hydrogen) atoms. The second-order valence-corrected chi connectivity index (χ2v) is 11.1. The van der Waals surface area contributed by atoms with E-state index in [0.717, 1.165) is 6.42 Å². The molecule has 0 saturated carbocycles. The molecule has 1 heterocycles. The van der Waals surface area contributed by atoms with E-state index < -0.39 is 14.6 Å². The van der Waals surface area contributed by atoms with Crippen LogP contribution in [0.4, 0.5) is 0 Å². The Labute approximate surface area is 106 Å². The van der Waals surface area contributed by atoms with Crippen LogP contribution in [0.1, 0.15) is 27.2 Å². The molecule has 1 rings (SSSR count). The van der Waals surface area contributed by atoms with E-state index in [-0.39, 0.29) is 17.1 Å². The van der Waals surface area contributed by atoms with Crippen LogP contribution in [0.15, 0.2) is 12.7 Å². The summed E-state index contributed by atoms with van der Waals surface area (Å²) < 4.78 is 11.6. The van der Waals surface area contributed by atoms with Crippen molar-refractivity contribution >= 4 is 8.32 Å². The largest absolute Gasteiger partial charge is 0.411 e. The van der Waals surface area contributed by atoms with E-state index in [9.17, 15) is 5.11 Å². The summed E-state index contributed by atoms with van der Waals surface area (Å²) in [4.78, 5) is 0. The van der Waals surface area contributed by atoms with Crippen molar-refractivity contribution in [2.24, 2.45) is 5.92 Å². The molecule has 100 valence electrons. The van der Waals surface area contributed by atoms with Crippen LogP contribution in [0.3, 0.4) is 0 Å². The molecule has 1 N–H and O–H groups in total. The lowest BCUT2D eigenvalue weighted by Crippen LogP contribution is -2.46. The lowest BCUT2D eigenvalue weighted by atomic mass is 10.0. The Morgan fingerprint density at radius 3 is 2.53 bits per heavy atom. The third-order valence-electron chi connectivity index (χ3n) is 3.97. The normalized spacial score (nSPS) is 30.6. The van der Waals surface area contributed by atoms with Crippen LogP contribution in [0.5, 0.6) is 0 Å². The van der Waals surface area contributed by atoms with E-state index in [2.05, 4.69) is 40.4 Å². The highest BCUT2D eigenvalue weighted by Gasteiger charge is 2.44. The first-order valence-corrected chi connectivity index (χ1v) is 9.18. The molecule has 1 aliphatic rings. The number of rotatable bonds is 4. The van der Waals surface area contributed by atoms with Crippen LogP contribution >= 0.6 is 0 Å². The summed E-state index contributed by atoms with van der Waals surface area (Å²) in [6, 6.07) is 0. The van der Waals surface area contributed by atoms with Gasteiger partial charge in [-0.05, 0) is 24.6 Å². The molecular weight excluding hydrogens is 232 g/mol. The van der Waals surface area contributed by atoms with Crippen LogP contribution in [-0.2, 0) is 9.16 Å². The molecule has 0 aromatic carbocycles. The summed E-state index contributed by atoms with van der Waals surface area (Å²) in [7, 11) is -1.80. The summed E-state index contributed by atoms with van der Waals surface area (Å²) in [5, 5.41) is 9.94. The number of allylic oxidation sites excluding steroid dienone is 1. The molecule has 0 aliphatic carbocycles. The summed E-state index contributed by atoms with van der Waals surface area (Å²) >= 11 is 0. The molecule has 0 aromatic rings. The van der Waals surface area contributed by atoms with Gasteiger partial charge in [0, 0.05) is 5.92 Å². The maximum atomic E-state index is 9.76. The van der Waals surface area contributed by atoms with Gasteiger partial charge in [-0.2, -0.15) is 0 Å². The third kappa shape index (κ3) is 3.41. The van der Waals surface area contributed by atoms with Gasteiger partial charge in [0.15, 0.2) is 14.6 Å². The van der Waals surface area contributed by atoms with Gasteiger partial charge in [0.2, 0.25) is 0 Å². The van der Waals surface area contributed by atoms with Gasteiger partial charge in [0.1, 0.15) is 0 Å². The summed E-state index contributed by atoms with van der Waals surface area (Å²) in [5.74, 6) is 0.0293. The fourth-order valence-electron chi connectivity index (χ4n) is 1.76. The van der Waals surface area contributed by atoms with Gasteiger partial charge in [-0.3, -0.25) is 0 Å². The minimum Gasteiger partial charge on any atom is -0.411 e. The molecule has 0 spiro atoms. The van der Waals surface area contributed by atoms with Crippen molar-refractivity contribution in [3.63, 3.8) is 0 Å². The average molecular weight is 258 g/mol. The number of aliphatic hydroxyl groups is 1. The van der Waals surface area contributed by atoms with E-state index in [1.807, 2.05) is 6.08 Å². The SMILES string of the molecule is C=CC[C@@H]1C(O)OC[C@@H]1O[Si](C)(C)C(C)(C)C. The monoisotopic (exact) mass is 258 g/mol. The van der Waals surface area contributed by atoms with Crippen molar-refractivity contribution in [2.75, 3.05) is 6.61 Å². The van der Waals surface area contributed by atoms with E-state index in [0.29, 0.717) is 6.61 Å². The predicted molar refractivity (Wildman–Crippen MR) is 72.3 cm³/mol. The number of hydrogen-bond acceptors (Lipinski definition) is 3. The number of hydrogen-bond donors (Lipinski definition) is 1. The lowest BCUT2D eigenvalue weighted by Gasteiger charge is -2.39. The van der Waals surface area contributed by atoms with Crippen molar-refractivity contribution < 1.29 is 14.3 Å². The van der Waals surface area contributed by atoms with Crippen LogP contribution in [0, 0.1) is 5.92 Å². The van der Waals surface area contributed by atoms with Crippen molar-refractivity contribution in [1.29, 1.82) is 0 Å². The Bertz CT molecular complexity index is 270. The van der Waals surface area contributed by atoms with Gasteiger partial charge in [-0.25, -0.2) is 0 Å². The molecule has 0 radical (unpaired) electrons. The highest BCUT2D eigenvalue weighted by Crippen LogP contribution is 2.39. The summed E-state index contributed by atoms with van der Waals surface area (Å²) in [6.07, 6.45) is 1.86. The van der Waals surface area contributed by atoms with Crippen molar-refractivity contribution in [3.8, 4) is 0 Å².